The molecule has 0 fully saturated rings. The number of pyridine rings is 1. The Kier molecular flexibility index (Phi) is 5.54. The molecule has 0 saturated heterocycles. The van der Waals surface area contributed by atoms with Crippen molar-refractivity contribution in [1.29, 1.82) is 0 Å². The summed E-state index contributed by atoms with van der Waals surface area (Å²) < 4.78 is 7.99. The van der Waals surface area contributed by atoms with Gasteiger partial charge in [-0.25, -0.2) is 9.78 Å². The molecular formula is C21H24N4O4. The highest BCUT2D eigenvalue weighted by Crippen LogP contribution is 2.28. The van der Waals surface area contributed by atoms with Gasteiger partial charge in [0.05, 0.1) is 5.69 Å². The van der Waals surface area contributed by atoms with E-state index in [2.05, 4.69) is 10.3 Å². The van der Waals surface area contributed by atoms with E-state index in [-0.39, 0.29) is 17.0 Å². The van der Waals surface area contributed by atoms with Gasteiger partial charge in [0.2, 0.25) is 0 Å². The number of nitrogens with zero attached hydrogens (tertiary/aromatic N) is 3. The lowest BCUT2D eigenvalue weighted by Crippen LogP contribution is -2.38. The largest absolute Gasteiger partial charge is 0.481 e. The number of carbonyl (C=O) groups is 1. The molecule has 8 nitrogen and oxygen atoms in total. The van der Waals surface area contributed by atoms with Crippen molar-refractivity contribution in [1.82, 2.24) is 14.1 Å². The molecule has 3 rings (SSSR count). The molecule has 1 aromatic carbocycles. The molecule has 2 heterocycles. The van der Waals surface area contributed by atoms with Crippen LogP contribution in [0.15, 0.2) is 46.1 Å². The van der Waals surface area contributed by atoms with Crippen LogP contribution < -0.4 is 21.3 Å². The third-order valence-corrected chi connectivity index (χ3v) is 4.79. The summed E-state index contributed by atoms with van der Waals surface area (Å²) in [6, 6.07) is 9.01. The molecule has 0 saturated carbocycles. The number of aryl methyl sites for hydroxylation is 1. The normalized spacial score (nSPS) is 12.2. The zero-order chi connectivity index (χ0) is 21.3. The monoisotopic (exact) mass is 396 g/mol. The summed E-state index contributed by atoms with van der Waals surface area (Å²) in [7, 11) is 2.94. The van der Waals surface area contributed by atoms with Gasteiger partial charge in [0.15, 0.2) is 11.8 Å². The predicted molar refractivity (Wildman–Crippen MR) is 111 cm³/mol. The van der Waals surface area contributed by atoms with Crippen LogP contribution in [-0.2, 0) is 18.9 Å². The number of fused-ring (bicyclic) bond motifs is 1. The standard InChI is InChI=1S/C21H24N4O4/c1-12(2)15-11-22-18-16(20(27)25(5)21(28)24(18)4)17(15)23-19(26)13(3)29-14-9-7-6-8-10-14/h6-13H,1-5H3,(H,22,23,26). The van der Waals surface area contributed by atoms with E-state index in [1.807, 2.05) is 32.0 Å². The molecule has 1 N–H and O–H groups in total. The number of amides is 1. The number of para-hydroxylation sites is 1. The van der Waals surface area contributed by atoms with Crippen molar-refractivity contribution < 1.29 is 9.53 Å². The fraction of sp³-hybridized carbons (Fsp3) is 0.333. The zero-order valence-electron chi connectivity index (χ0n) is 17.1. The van der Waals surface area contributed by atoms with Crippen LogP contribution >= 0.6 is 0 Å². The third-order valence-electron chi connectivity index (χ3n) is 4.79. The summed E-state index contributed by atoms with van der Waals surface area (Å²) in [5.74, 6) is 0.158. The number of benzene rings is 1. The lowest BCUT2D eigenvalue weighted by molar-refractivity contribution is -0.122. The van der Waals surface area contributed by atoms with Gasteiger partial charge in [-0.3, -0.25) is 18.7 Å². The lowest BCUT2D eigenvalue weighted by Gasteiger charge is -2.19. The molecule has 0 aliphatic carbocycles. The molecule has 29 heavy (non-hydrogen) atoms. The van der Waals surface area contributed by atoms with E-state index in [9.17, 15) is 14.4 Å². The molecule has 0 spiro atoms. The van der Waals surface area contributed by atoms with Crippen LogP contribution in [0.25, 0.3) is 11.0 Å². The first-order valence-corrected chi connectivity index (χ1v) is 9.33. The van der Waals surface area contributed by atoms with Gasteiger partial charge in [0, 0.05) is 20.3 Å². The maximum Gasteiger partial charge on any atom is 0.332 e. The SMILES string of the molecule is CC(Oc1ccccc1)C(=O)Nc1c(C(C)C)cnc2c1c(=O)n(C)c(=O)n2C. The number of hydrogen-bond acceptors (Lipinski definition) is 5. The van der Waals surface area contributed by atoms with Gasteiger partial charge in [-0.15, -0.1) is 0 Å². The van der Waals surface area contributed by atoms with Crippen LogP contribution in [0.1, 0.15) is 32.3 Å². The minimum Gasteiger partial charge on any atom is -0.481 e. The smallest absolute Gasteiger partial charge is 0.332 e. The van der Waals surface area contributed by atoms with E-state index in [0.29, 0.717) is 17.0 Å². The molecule has 0 radical (unpaired) electrons. The number of rotatable bonds is 5. The molecule has 0 aliphatic rings. The van der Waals surface area contributed by atoms with E-state index in [4.69, 9.17) is 4.74 Å². The molecule has 1 amide bonds. The Balaban J connectivity index is 2.09. The Labute approximate surface area is 167 Å². The Morgan fingerprint density at radius 1 is 1.07 bits per heavy atom. The molecule has 1 atom stereocenters. The number of anilines is 1. The summed E-state index contributed by atoms with van der Waals surface area (Å²) >= 11 is 0. The van der Waals surface area contributed by atoms with Crippen LogP contribution in [0.3, 0.4) is 0 Å². The minimum absolute atomic E-state index is 0.00510. The van der Waals surface area contributed by atoms with E-state index in [1.165, 1.54) is 11.6 Å². The number of nitrogens with one attached hydrogen (secondary N) is 1. The molecule has 152 valence electrons. The molecule has 1 unspecified atom stereocenters. The highest BCUT2D eigenvalue weighted by molar-refractivity contribution is 6.02. The van der Waals surface area contributed by atoms with Crippen molar-refractivity contribution in [2.75, 3.05) is 5.32 Å². The Hall–Kier alpha value is -3.42. The van der Waals surface area contributed by atoms with Crippen LogP contribution in [0.5, 0.6) is 5.75 Å². The first-order valence-electron chi connectivity index (χ1n) is 9.33. The van der Waals surface area contributed by atoms with Crippen molar-refractivity contribution in [3.05, 3.63) is 62.9 Å². The van der Waals surface area contributed by atoms with Gasteiger partial charge < -0.3 is 10.1 Å². The maximum absolute atomic E-state index is 12.9. The van der Waals surface area contributed by atoms with Crippen molar-refractivity contribution in [2.24, 2.45) is 14.1 Å². The number of ether oxygens (including phenoxy) is 1. The van der Waals surface area contributed by atoms with Crippen molar-refractivity contribution in [3.8, 4) is 5.75 Å². The maximum atomic E-state index is 12.9. The van der Waals surface area contributed by atoms with E-state index in [0.717, 1.165) is 4.57 Å². The van der Waals surface area contributed by atoms with Gasteiger partial charge in [-0.1, -0.05) is 32.0 Å². The predicted octanol–water partition coefficient (Wildman–Crippen LogP) is 2.16. The Morgan fingerprint density at radius 3 is 2.34 bits per heavy atom. The van der Waals surface area contributed by atoms with Crippen LogP contribution in [-0.4, -0.2) is 26.1 Å². The minimum atomic E-state index is -0.794. The molecule has 2 aromatic heterocycles. The Morgan fingerprint density at radius 2 is 1.72 bits per heavy atom. The van der Waals surface area contributed by atoms with Crippen LogP contribution in [0, 0.1) is 0 Å². The summed E-state index contributed by atoms with van der Waals surface area (Å²) in [5.41, 5.74) is 0.285. The first-order chi connectivity index (χ1) is 13.7. The number of hydrogen-bond donors (Lipinski definition) is 1. The van der Waals surface area contributed by atoms with E-state index >= 15 is 0 Å². The van der Waals surface area contributed by atoms with Crippen LogP contribution in [0.2, 0.25) is 0 Å². The van der Waals surface area contributed by atoms with Gasteiger partial charge >= 0.3 is 5.69 Å². The fourth-order valence-corrected chi connectivity index (χ4v) is 3.10. The topological polar surface area (TPSA) is 95.2 Å². The van der Waals surface area contributed by atoms with Crippen LogP contribution in [0.4, 0.5) is 5.69 Å². The number of carbonyl (C=O) groups excluding carboxylic acids is 1. The second kappa shape index (κ2) is 7.90. The zero-order valence-corrected chi connectivity index (χ0v) is 17.1. The highest BCUT2D eigenvalue weighted by Gasteiger charge is 2.23. The van der Waals surface area contributed by atoms with Gasteiger partial charge in [-0.2, -0.15) is 0 Å². The summed E-state index contributed by atoms with van der Waals surface area (Å²) in [6.07, 6.45) is 0.793. The second-order valence-corrected chi connectivity index (χ2v) is 7.21. The summed E-state index contributed by atoms with van der Waals surface area (Å²) in [4.78, 5) is 42.3. The van der Waals surface area contributed by atoms with Gasteiger partial charge in [0.25, 0.3) is 11.5 Å². The average molecular weight is 396 g/mol. The lowest BCUT2D eigenvalue weighted by atomic mass is 10.0. The van der Waals surface area contributed by atoms with Crippen molar-refractivity contribution in [2.45, 2.75) is 32.8 Å². The van der Waals surface area contributed by atoms with E-state index in [1.54, 1.807) is 32.3 Å². The molecule has 3 aromatic rings. The highest BCUT2D eigenvalue weighted by atomic mass is 16.5. The van der Waals surface area contributed by atoms with Crippen molar-refractivity contribution >= 4 is 22.6 Å². The molecule has 0 aliphatic heterocycles. The third kappa shape index (κ3) is 3.78. The molecule has 0 bridgehead atoms. The quantitative estimate of drug-likeness (QED) is 0.713. The molecular weight excluding hydrogens is 372 g/mol. The van der Waals surface area contributed by atoms with Gasteiger partial charge in [-0.05, 0) is 30.5 Å². The summed E-state index contributed by atoms with van der Waals surface area (Å²) in [6.45, 7) is 5.51. The number of aromatic nitrogens is 3. The fourth-order valence-electron chi connectivity index (χ4n) is 3.10. The second-order valence-electron chi connectivity index (χ2n) is 7.21. The molecule has 8 heteroatoms. The Bertz CT molecular complexity index is 1180. The van der Waals surface area contributed by atoms with Gasteiger partial charge in [0.1, 0.15) is 11.1 Å². The van der Waals surface area contributed by atoms with Crippen molar-refractivity contribution in [3.63, 3.8) is 0 Å². The van der Waals surface area contributed by atoms with E-state index < -0.39 is 23.3 Å². The average Bonchev–Trinajstić information content (AvgIpc) is 2.70. The summed E-state index contributed by atoms with van der Waals surface area (Å²) in [5, 5.41) is 3.03. The first kappa shape index (κ1) is 20.3.